The summed E-state index contributed by atoms with van der Waals surface area (Å²) >= 11 is 0. The van der Waals surface area contributed by atoms with Gasteiger partial charge in [0.2, 0.25) is 11.8 Å². The second-order valence-electron chi connectivity index (χ2n) is 11.5. The molecule has 44 heavy (non-hydrogen) atoms. The van der Waals surface area contributed by atoms with E-state index in [2.05, 4.69) is 26.4 Å². The molecule has 1 saturated heterocycles. The molecule has 0 bridgehead atoms. The Morgan fingerprint density at radius 1 is 1.05 bits per heavy atom. The van der Waals surface area contributed by atoms with Crippen molar-refractivity contribution in [1.82, 2.24) is 25.7 Å². The number of anilines is 1. The lowest BCUT2D eigenvalue weighted by Gasteiger charge is -2.28. The van der Waals surface area contributed by atoms with Crippen LogP contribution in [-0.2, 0) is 16.0 Å². The molecule has 1 aromatic heterocycles. The first-order valence-electron chi connectivity index (χ1n) is 15.8. The number of amides is 3. The van der Waals surface area contributed by atoms with Crippen molar-refractivity contribution in [2.75, 3.05) is 18.4 Å². The van der Waals surface area contributed by atoms with E-state index in [1.54, 1.807) is 10.7 Å². The van der Waals surface area contributed by atoms with Crippen LogP contribution in [0.3, 0.4) is 0 Å². The van der Waals surface area contributed by atoms with Gasteiger partial charge in [-0.2, -0.15) is 5.10 Å². The molecule has 5 rings (SSSR count). The van der Waals surface area contributed by atoms with Crippen LogP contribution in [0.5, 0.6) is 0 Å². The summed E-state index contributed by atoms with van der Waals surface area (Å²) in [6, 6.07) is 3.30. The van der Waals surface area contributed by atoms with Crippen molar-refractivity contribution in [2.45, 2.75) is 97.7 Å². The molecule has 2 heterocycles. The Hall–Kier alpha value is -3.41. The zero-order valence-electron chi connectivity index (χ0n) is 26.6. The minimum Gasteiger partial charge on any atom is -0.346 e. The molecule has 2 atom stereocenters. The molecule has 1 aliphatic heterocycles. The minimum atomic E-state index is -3.05. The number of nitrogens with one attached hydrogen (secondary N) is 4. The van der Waals surface area contributed by atoms with E-state index in [0.717, 1.165) is 31.7 Å². The summed E-state index contributed by atoms with van der Waals surface area (Å²) in [5.74, 6) is -4.77. The highest BCUT2D eigenvalue weighted by molar-refractivity contribution is 6.01. The molecule has 1 aromatic carbocycles. The fourth-order valence-corrected chi connectivity index (χ4v) is 5.57. The molecular weight excluding hydrogens is 573 g/mol. The first-order chi connectivity index (χ1) is 21.0. The van der Waals surface area contributed by atoms with Crippen LogP contribution in [0.4, 0.5) is 18.9 Å². The predicted molar refractivity (Wildman–Crippen MR) is 164 cm³/mol. The smallest absolute Gasteiger partial charge is 0.281 e. The SMILES string of the molecule is CC.CC.CC(C)n1nccc1C(=O)NC(C(=O)Nc1ccc(CC(=O)NC2CNCC2(F)F)cc1F)C(C1CC1)C1CC1. The number of hydrogen-bond acceptors (Lipinski definition) is 5. The third-order valence-corrected chi connectivity index (χ3v) is 7.89. The molecule has 244 valence electrons. The Morgan fingerprint density at radius 2 is 1.68 bits per heavy atom. The average Bonchev–Trinajstić information content (AvgIpc) is 3.93. The second-order valence-corrected chi connectivity index (χ2v) is 11.5. The van der Waals surface area contributed by atoms with E-state index in [0.29, 0.717) is 17.5 Å². The van der Waals surface area contributed by atoms with Gasteiger partial charge in [-0.25, -0.2) is 13.2 Å². The number of hydrogen-bond donors (Lipinski definition) is 4. The molecule has 3 amide bonds. The van der Waals surface area contributed by atoms with Gasteiger partial charge in [0.25, 0.3) is 11.8 Å². The van der Waals surface area contributed by atoms with E-state index < -0.39 is 48.1 Å². The summed E-state index contributed by atoms with van der Waals surface area (Å²) in [6.07, 6.45) is 5.19. The predicted octanol–water partition coefficient (Wildman–Crippen LogP) is 5.09. The van der Waals surface area contributed by atoms with Crippen molar-refractivity contribution in [1.29, 1.82) is 0 Å². The topological polar surface area (TPSA) is 117 Å². The first kappa shape index (κ1) is 35.1. The zero-order chi connectivity index (χ0) is 32.6. The molecular formula is C32H47F3N6O3. The van der Waals surface area contributed by atoms with Crippen LogP contribution in [0.25, 0.3) is 0 Å². The fourth-order valence-electron chi connectivity index (χ4n) is 5.57. The fraction of sp³-hybridized carbons (Fsp3) is 0.625. The van der Waals surface area contributed by atoms with Crippen LogP contribution in [0, 0.1) is 23.6 Å². The van der Waals surface area contributed by atoms with Crippen LogP contribution in [0.1, 0.15) is 89.3 Å². The van der Waals surface area contributed by atoms with Crippen LogP contribution < -0.4 is 21.3 Å². The van der Waals surface area contributed by atoms with Crippen molar-refractivity contribution in [3.8, 4) is 0 Å². The van der Waals surface area contributed by atoms with Crippen molar-refractivity contribution in [3.05, 3.63) is 47.5 Å². The van der Waals surface area contributed by atoms with Gasteiger partial charge < -0.3 is 21.3 Å². The molecule has 2 saturated carbocycles. The van der Waals surface area contributed by atoms with E-state index >= 15 is 4.39 Å². The molecule has 4 N–H and O–H groups in total. The molecule has 0 spiro atoms. The van der Waals surface area contributed by atoms with Gasteiger partial charge in [-0.05, 0) is 81.0 Å². The van der Waals surface area contributed by atoms with Crippen molar-refractivity contribution < 1.29 is 27.6 Å². The van der Waals surface area contributed by atoms with Gasteiger partial charge in [0.05, 0.1) is 18.7 Å². The van der Waals surface area contributed by atoms with E-state index in [1.807, 2.05) is 41.5 Å². The van der Waals surface area contributed by atoms with Gasteiger partial charge in [-0.15, -0.1) is 0 Å². The quantitative estimate of drug-likeness (QED) is 0.279. The number of alkyl halides is 2. The third kappa shape index (κ3) is 8.83. The van der Waals surface area contributed by atoms with E-state index in [9.17, 15) is 23.2 Å². The van der Waals surface area contributed by atoms with Gasteiger partial charge in [-0.1, -0.05) is 33.8 Å². The van der Waals surface area contributed by atoms with Gasteiger partial charge in [0, 0.05) is 18.8 Å². The number of rotatable bonds is 11. The second kappa shape index (κ2) is 15.5. The lowest BCUT2D eigenvalue weighted by molar-refractivity contribution is -0.123. The third-order valence-electron chi connectivity index (χ3n) is 7.89. The van der Waals surface area contributed by atoms with Crippen molar-refractivity contribution in [2.24, 2.45) is 17.8 Å². The van der Waals surface area contributed by atoms with Crippen molar-refractivity contribution >= 4 is 23.4 Å². The highest BCUT2D eigenvalue weighted by Gasteiger charge is 2.48. The maximum atomic E-state index is 15.0. The normalized spacial score (nSPS) is 19.3. The number of halogens is 3. The summed E-state index contributed by atoms with van der Waals surface area (Å²) in [5.41, 5.74) is 0.540. The number of aromatic nitrogens is 2. The van der Waals surface area contributed by atoms with E-state index in [1.165, 1.54) is 18.3 Å². The standard InChI is InChI=1S/C28H35F3N6O3.2C2H6/c1-15(2)37-21(9-10-33-37)26(39)36-25(24(17-4-5-17)18-6-7-18)27(40)34-20-8-3-16(11-19(20)29)12-23(38)35-22-13-32-14-28(22,30)31;2*1-2/h3,8-11,15,17-18,22,24-25,32H,4-7,12-14H2,1-2H3,(H,34,40)(H,35,38)(H,36,39);2*1-2H3. The Kier molecular flexibility index (Phi) is 12.4. The van der Waals surface area contributed by atoms with E-state index in [-0.39, 0.29) is 36.2 Å². The van der Waals surface area contributed by atoms with E-state index in [4.69, 9.17) is 0 Å². The largest absolute Gasteiger partial charge is 0.346 e. The zero-order valence-corrected chi connectivity index (χ0v) is 26.6. The molecule has 12 heteroatoms. The Bertz CT molecular complexity index is 1260. The van der Waals surface area contributed by atoms with Crippen LogP contribution in [-0.4, -0.2) is 58.6 Å². The molecule has 2 unspecified atom stereocenters. The highest BCUT2D eigenvalue weighted by atomic mass is 19.3. The van der Waals surface area contributed by atoms with Crippen LogP contribution in [0.15, 0.2) is 30.5 Å². The highest BCUT2D eigenvalue weighted by Crippen LogP contribution is 2.51. The monoisotopic (exact) mass is 620 g/mol. The average molecular weight is 621 g/mol. The summed E-state index contributed by atoms with van der Waals surface area (Å²) in [7, 11) is 0. The summed E-state index contributed by atoms with van der Waals surface area (Å²) < 4.78 is 44.2. The lowest BCUT2D eigenvalue weighted by Crippen LogP contribution is -2.50. The molecule has 3 aliphatic rings. The number of benzene rings is 1. The molecule has 2 aromatic rings. The van der Waals surface area contributed by atoms with Crippen LogP contribution >= 0.6 is 0 Å². The molecule has 3 fully saturated rings. The number of carbonyl (C=O) groups is 3. The van der Waals surface area contributed by atoms with Crippen LogP contribution in [0.2, 0.25) is 0 Å². The Balaban J connectivity index is 0.00000127. The minimum absolute atomic E-state index is 0.0434. The van der Waals surface area contributed by atoms with Gasteiger partial charge in [0.1, 0.15) is 23.6 Å². The molecule has 0 radical (unpaired) electrons. The molecule has 2 aliphatic carbocycles. The molecule has 9 nitrogen and oxygen atoms in total. The Labute approximate surface area is 258 Å². The lowest BCUT2D eigenvalue weighted by atomic mass is 9.88. The summed E-state index contributed by atoms with van der Waals surface area (Å²) in [6.45, 7) is 11.3. The number of carbonyl (C=O) groups excluding carboxylic acids is 3. The van der Waals surface area contributed by atoms with Gasteiger partial charge >= 0.3 is 0 Å². The number of nitrogens with zero attached hydrogens (tertiary/aromatic N) is 2. The first-order valence-corrected chi connectivity index (χ1v) is 15.8. The Morgan fingerprint density at radius 3 is 2.20 bits per heavy atom. The van der Waals surface area contributed by atoms with Gasteiger partial charge in [-0.3, -0.25) is 19.1 Å². The maximum absolute atomic E-state index is 15.0. The summed E-state index contributed by atoms with van der Waals surface area (Å²) in [4.78, 5) is 39.1. The van der Waals surface area contributed by atoms with Crippen molar-refractivity contribution in [3.63, 3.8) is 0 Å². The summed E-state index contributed by atoms with van der Waals surface area (Å²) in [5, 5.41) is 14.6. The van der Waals surface area contributed by atoms with Gasteiger partial charge in [0.15, 0.2) is 0 Å². The maximum Gasteiger partial charge on any atom is 0.281 e.